The van der Waals surface area contributed by atoms with Gasteiger partial charge in [0, 0.05) is 31.1 Å². The highest BCUT2D eigenvalue weighted by Gasteiger charge is 2.39. The molecule has 1 saturated heterocycles. The van der Waals surface area contributed by atoms with Crippen LogP contribution in [0.3, 0.4) is 0 Å². The van der Waals surface area contributed by atoms with E-state index in [1.54, 1.807) is 0 Å². The maximum absolute atomic E-state index is 13.9. The lowest BCUT2D eigenvalue weighted by atomic mass is 10.1. The van der Waals surface area contributed by atoms with Gasteiger partial charge in [-0.15, -0.1) is 0 Å². The highest BCUT2D eigenvalue weighted by molar-refractivity contribution is 5.85. The van der Waals surface area contributed by atoms with Crippen LogP contribution in [0.5, 0.6) is 11.6 Å². The molecule has 11 nitrogen and oxygen atoms in total. The van der Waals surface area contributed by atoms with Crippen molar-refractivity contribution in [1.82, 2.24) is 34.9 Å². The van der Waals surface area contributed by atoms with Crippen LogP contribution in [0.4, 0.5) is 13.2 Å². The molecule has 0 radical (unpaired) electrons. The summed E-state index contributed by atoms with van der Waals surface area (Å²) in [6.07, 6.45) is -4.77. The minimum Gasteiger partial charge on any atom is -0.497 e. The first kappa shape index (κ1) is 26.5. The molecule has 1 unspecified atom stereocenters. The molecule has 4 heterocycles. The molecule has 1 N–H and O–H groups in total. The molecule has 212 valence electrons. The van der Waals surface area contributed by atoms with E-state index in [9.17, 15) is 18.0 Å². The molecule has 1 amide bonds. The van der Waals surface area contributed by atoms with E-state index in [1.165, 1.54) is 37.3 Å². The van der Waals surface area contributed by atoms with Gasteiger partial charge in [-0.2, -0.15) is 18.2 Å². The average molecular weight is 568 g/mol. The Morgan fingerprint density at radius 3 is 2.68 bits per heavy atom. The summed E-state index contributed by atoms with van der Waals surface area (Å²) in [5, 5.41) is 8.13. The van der Waals surface area contributed by atoms with Crippen LogP contribution in [-0.2, 0) is 17.5 Å². The van der Waals surface area contributed by atoms with Crippen LogP contribution < -0.4 is 14.8 Å². The fraction of sp³-hybridized carbons (Fsp3) is 0.296. The molecule has 2 aromatic carbocycles. The normalized spacial score (nSPS) is 15.9. The summed E-state index contributed by atoms with van der Waals surface area (Å²) in [6.45, 7) is 0.357. The Labute approximate surface area is 230 Å². The van der Waals surface area contributed by atoms with E-state index in [2.05, 4.69) is 25.4 Å². The average Bonchev–Trinajstić information content (AvgIpc) is 3.61. The number of ether oxygens (including phenoxy) is 2. The van der Waals surface area contributed by atoms with E-state index < -0.39 is 30.5 Å². The molecule has 0 saturated carbocycles. The molecule has 3 aromatic heterocycles. The summed E-state index contributed by atoms with van der Waals surface area (Å²) in [6, 6.07) is 13.0. The van der Waals surface area contributed by atoms with Gasteiger partial charge in [0.05, 0.1) is 30.8 Å². The third-order valence-corrected chi connectivity index (χ3v) is 6.92. The number of hydrogen-bond acceptors (Lipinski definition) is 9. The van der Waals surface area contributed by atoms with Gasteiger partial charge in [0.15, 0.2) is 5.82 Å². The van der Waals surface area contributed by atoms with Crippen LogP contribution in [0.15, 0.2) is 53.1 Å². The Kier molecular flexibility index (Phi) is 6.69. The topological polar surface area (TPSA) is 120 Å². The zero-order valence-corrected chi connectivity index (χ0v) is 22.0. The van der Waals surface area contributed by atoms with E-state index in [0.717, 1.165) is 15.5 Å². The summed E-state index contributed by atoms with van der Waals surface area (Å²) >= 11 is 0. The van der Waals surface area contributed by atoms with E-state index >= 15 is 0 Å². The first-order valence-corrected chi connectivity index (χ1v) is 12.7. The van der Waals surface area contributed by atoms with Gasteiger partial charge in [-0.1, -0.05) is 23.4 Å². The SMILES string of the molecule is COc1ccc2nc(C(F)(F)F)n(CC(=O)N3CCNCC3c3noc(-c4cc5ccccc5nc4OC)n3)c2c1. The number of imidazole rings is 1. The molecule has 1 aliphatic heterocycles. The van der Waals surface area contributed by atoms with Gasteiger partial charge in [-0.25, -0.2) is 9.97 Å². The molecular weight excluding hydrogens is 543 g/mol. The molecule has 1 atom stereocenters. The van der Waals surface area contributed by atoms with Crippen LogP contribution in [0.25, 0.3) is 33.4 Å². The fourth-order valence-electron chi connectivity index (χ4n) is 4.95. The molecule has 0 spiro atoms. The number of hydrogen-bond donors (Lipinski definition) is 1. The van der Waals surface area contributed by atoms with Crippen LogP contribution in [0.1, 0.15) is 17.7 Å². The van der Waals surface area contributed by atoms with Gasteiger partial charge in [0.25, 0.3) is 5.89 Å². The minimum atomic E-state index is -4.77. The highest BCUT2D eigenvalue weighted by Crippen LogP contribution is 2.34. The number of rotatable bonds is 6. The number of para-hydroxylation sites is 1. The number of amides is 1. The third kappa shape index (κ3) is 4.90. The first-order chi connectivity index (χ1) is 19.8. The summed E-state index contributed by atoms with van der Waals surface area (Å²) in [5.74, 6) is -0.753. The molecular formula is C27H24F3N7O4. The lowest BCUT2D eigenvalue weighted by molar-refractivity contribution is -0.148. The largest absolute Gasteiger partial charge is 0.497 e. The van der Waals surface area contributed by atoms with Gasteiger partial charge >= 0.3 is 6.18 Å². The Morgan fingerprint density at radius 2 is 1.90 bits per heavy atom. The molecule has 0 aliphatic carbocycles. The van der Waals surface area contributed by atoms with Gasteiger partial charge in [-0.05, 0) is 24.3 Å². The molecule has 5 aromatic rings. The van der Waals surface area contributed by atoms with Crippen LogP contribution >= 0.6 is 0 Å². The molecule has 41 heavy (non-hydrogen) atoms. The molecule has 0 bridgehead atoms. The van der Waals surface area contributed by atoms with Crippen molar-refractivity contribution in [2.24, 2.45) is 0 Å². The standard InChI is InChI=1S/C27H24F3N7O4/c1-39-16-7-8-19-20(12-16)37(26(33-19)27(28,29)30)14-22(38)36-10-9-31-13-21(36)23-34-25(41-35-23)17-11-15-5-3-4-6-18(15)32-24(17)40-2/h3-8,11-12,21,31H,9-10,13-14H2,1-2H3. The van der Waals surface area contributed by atoms with Gasteiger partial charge in [0.2, 0.25) is 17.6 Å². The number of piperazine rings is 1. The third-order valence-electron chi connectivity index (χ3n) is 6.92. The lowest BCUT2D eigenvalue weighted by Crippen LogP contribution is -2.50. The zero-order valence-electron chi connectivity index (χ0n) is 22.0. The maximum Gasteiger partial charge on any atom is 0.449 e. The summed E-state index contributed by atoms with van der Waals surface area (Å²) in [5.41, 5.74) is 1.43. The molecule has 1 fully saturated rings. The number of fused-ring (bicyclic) bond motifs is 2. The quantitative estimate of drug-likeness (QED) is 0.326. The molecule has 1 aliphatic rings. The monoisotopic (exact) mass is 567 g/mol. The first-order valence-electron chi connectivity index (χ1n) is 12.7. The second kappa shape index (κ2) is 10.4. The van der Waals surface area contributed by atoms with Crippen LogP contribution in [-0.4, -0.2) is 69.3 Å². The number of alkyl halides is 3. The number of nitrogens with zero attached hydrogens (tertiary/aromatic N) is 6. The van der Waals surface area contributed by atoms with Crippen molar-refractivity contribution in [1.29, 1.82) is 0 Å². The van der Waals surface area contributed by atoms with Crippen molar-refractivity contribution >= 4 is 27.8 Å². The number of pyridine rings is 1. The number of halogens is 3. The Morgan fingerprint density at radius 1 is 1.07 bits per heavy atom. The lowest BCUT2D eigenvalue weighted by Gasteiger charge is -2.34. The molecule has 14 heteroatoms. The summed E-state index contributed by atoms with van der Waals surface area (Å²) in [4.78, 5) is 27.8. The number of nitrogens with one attached hydrogen (secondary N) is 1. The van der Waals surface area contributed by atoms with Crippen molar-refractivity contribution in [3.05, 3.63) is 60.2 Å². The summed E-state index contributed by atoms with van der Waals surface area (Å²) < 4.78 is 58.8. The Balaban J connectivity index is 1.33. The number of carbonyl (C=O) groups is 1. The van der Waals surface area contributed by atoms with E-state index in [-0.39, 0.29) is 41.7 Å². The van der Waals surface area contributed by atoms with Crippen molar-refractivity contribution in [2.75, 3.05) is 33.9 Å². The summed E-state index contributed by atoms with van der Waals surface area (Å²) in [7, 11) is 2.89. The predicted octanol–water partition coefficient (Wildman–Crippen LogP) is 3.84. The van der Waals surface area contributed by atoms with Gasteiger partial charge in [0.1, 0.15) is 23.9 Å². The maximum atomic E-state index is 13.9. The van der Waals surface area contributed by atoms with Crippen molar-refractivity contribution < 1.29 is 32.0 Å². The van der Waals surface area contributed by atoms with Crippen molar-refractivity contribution in [2.45, 2.75) is 18.8 Å². The van der Waals surface area contributed by atoms with Gasteiger partial charge in [-0.3, -0.25) is 4.79 Å². The zero-order chi connectivity index (χ0) is 28.7. The second-order valence-corrected chi connectivity index (χ2v) is 9.38. The highest BCUT2D eigenvalue weighted by atomic mass is 19.4. The van der Waals surface area contributed by atoms with Crippen LogP contribution in [0.2, 0.25) is 0 Å². The number of benzene rings is 2. The predicted molar refractivity (Wildman–Crippen MR) is 140 cm³/mol. The minimum absolute atomic E-state index is 0.100. The Hall–Kier alpha value is -4.72. The number of carbonyl (C=O) groups excluding carboxylic acids is 1. The molecule has 6 rings (SSSR count). The van der Waals surface area contributed by atoms with Crippen molar-refractivity contribution in [3.63, 3.8) is 0 Å². The van der Waals surface area contributed by atoms with E-state index in [1.807, 2.05) is 30.3 Å². The smallest absolute Gasteiger partial charge is 0.449 e. The second-order valence-electron chi connectivity index (χ2n) is 9.38. The van der Waals surface area contributed by atoms with Crippen molar-refractivity contribution in [3.8, 4) is 23.1 Å². The van der Waals surface area contributed by atoms with E-state index in [4.69, 9.17) is 14.0 Å². The number of aromatic nitrogens is 5. The van der Waals surface area contributed by atoms with E-state index in [0.29, 0.717) is 17.9 Å². The number of methoxy groups -OCH3 is 2. The Bertz CT molecular complexity index is 1750. The van der Waals surface area contributed by atoms with Gasteiger partial charge < -0.3 is 28.8 Å². The van der Waals surface area contributed by atoms with Crippen LogP contribution in [0, 0.1) is 0 Å². The fourth-order valence-corrected chi connectivity index (χ4v) is 4.95.